The number of ether oxygens (including phenoxy) is 1. The summed E-state index contributed by atoms with van der Waals surface area (Å²) in [4.78, 5) is 1.94. The Kier molecular flexibility index (Phi) is 5.31. The molecule has 142 valence electrons. The first-order valence-electron chi connectivity index (χ1n) is 9.46. The van der Waals surface area contributed by atoms with Crippen LogP contribution in [0.5, 0.6) is 5.75 Å². The average molecular weight is 390 g/mol. The zero-order valence-electron chi connectivity index (χ0n) is 15.8. The van der Waals surface area contributed by atoms with Gasteiger partial charge in [0.15, 0.2) is 0 Å². The second-order valence-corrected chi connectivity index (χ2v) is 7.37. The molecule has 3 aromatic rings. The maximum absolute atomic E-state index is 10.4. The molecule has 0 radical (unpaired) electrons. The first kappa shape index (κ1) is 18.5. The van der Waals surface area contributed by atoms with Gasteiger partial charge in [-0.3, -0.25) is 0 Å². The SMILES string of the molecule is COc1cccc2c1C(C(c1ccccc1)c1ccccc1)N(C(O)=S)CC2. The maximum Gasteiger partial charge on any atom is 0.257 e. The molecule has 0 saturated heterocycles. The molecule has 0 aliphatic carbocycles. The molecule has 28 heavy (non-hydrogen) atoms. The number of rotatable bonds is 4. The fourth-order valence-electron chi connectivity index (χ4n) is 4.30. The largest absolute Gasteiger partial charge is 0.496 e. The van der Waals surface area contributed by atoms with Crippen molar-refractivity contribution >= 4 is 17.4 Å². The minimum atomic E-state index is -0.151. The third-order valence-electron chi connectivity index (χ3n) is 5.51. The molecular formula is C24H23NO2S. The van der Waals surface area contributed by atoms with E-state index in [0.29, 0.717) is 6.54 Å². The van der Waals surface area contributed by atoms with Gasteiger partial charge in [0.2, 0.25) is 0 Å². The van der Waals surface area contributed by atoms with E-state index in [1.54, 1.807) is 7.11 Å². The van der Waals surface area contributed by atoms with Gasteiger partial charge in [0.1, 0.15) is 5.75 Å². The molecule has 0 bridgehead atoms. The topological polar surface area (TPSA) is 32.7 Å². The third kappa shape index (κ3) is 3.36. The van der Waals surface area contributed by atoms with Crippen LogP contribution in [-0.2, 0) is 6.42 Å². The summed E-state index contributed by atoms with van der Waals surface area (Å²) in [6.45, 7) is 0.677. The molecule has 0 aromatic heterocycles. The number of hydrogen-bond donors (Lipinski definition) is 1. The molecule has 3 nitrogen and oxygen atoms in total. The van der Waals surface area contributed by atoms with Gasteiger partial charge in [0, 0.05) is 18.0 Å². The molecule has 4 heteroatoms. The van der Waals surface area contributed by atoms with Gasteiger partial charge >= 0.3 is 0 Å². The zero-order valence-corrected chi connectivity index (χ0v) is 16.6. The number of nitrogens with zero attached hydrogens (tertiary/aromatic N) is 1. The van der Waals surface area contributed by atoms with E-state index in [-0.39, 0.29) is 17.1 Å². The van der Waals surface area contributed by atoms with E-state index in [4.69, 9.17) is 17.0 Å². The first-order valence-corrected chi connectivity index (χ1v) is 9.86. The number of hydrogen-bond acceptors (Lipinski definition) is 2. The van der Waals surface area contributed by atoms with Crippen LogP contribution in [0, 0.1) is 0 Å². The van der Waals surface area contributed by atoms with Crippen LogP contribution in [-0.4, -0.2) is 28.8 Å². The zero-order chi connectivity index (χ0) is 19.5. The lowest BCUT2D eigenvalue weighted by atomic mass is 9.77. The van der Waals surface area contributed by atoms with Gasteiger partial charge in [-0.2, -0.15) is 0 Å². The van der Waals surface area contributed by atoms with Crippen LogP contribution in [0.15, 0.2) is 78.9 Å². The lowest BCUT2D eigenvalue weighted by Gasteiger charge is -2.42. The van der Waals surface area contributed by atoms with Gasteiger partial charge in [0.05, 0.1) is 13.2 Å². The minimum Gasteiger partial charge on any atom is -0.496 e. The summed E-state index contributed by atoms with van der Waals surface area (Å²) in [5.74, 6) is 0.836. The van der Waals surface area contributed by atoms with Crippen LogP contribution in [0.25, 0.3) is 0 Å². The Morgan fingerprint density at radius 3 is 2.11 bits per heavy atom. The molecular weight excluding hydrogens is 366 g/mol. The predicted molar refractivity (Wildman–Crippen MR) is 116 cm³/mol. The molecule has 1 unspecified atom stereocenters. The third-order valence-corrected chi connectivity index (χ3v) is 5.74. The molecule has 0 saturated carbocycles. The highest BCUT2D eigenvalue weighted by Crippen LogP contribution is 2.47. The van der Waals surface area contributed by atoms with Crippen molar-refractivity contribution in [2.24, 2.45) is 0 Å². The number of methoxy groups -OCH3 is 1. The molecule has 0 spiro atoms. The van der Waals surface area contributed by atoms with E-state index in [1.807, 2.05) is 29.2 Å². The lowest BCUT2D eigenvalue weighted by Crippen LogP contribution is -2.42. The van der Waals surface area contributed by atoms with Crippen LogP contribution < -0.4 is 4.74 Å². The second kappa shape index (κ2) is 8.03. The highest BCUT2D eigenvalue weighted by molar-refractivity contribution is 7.79. The predicted octanol–water partition coefficient (Wildman–Crippen LogP) is 5.27. The average Bonchev–Trinajstić information content (AvgIpc) is 2.75. The Bertz CT molecular complexity index is 905. The molecule has 0 fully saturated rings. The maximum atomic E-state index is 10.4. The fraction of sp³-hybridized carbons (Fsp3) is 0.208. The van der Waals surface area contributed by atoms with E-state index >= 15 is 0 Å². The van der Waals surface area contributed by atoms with Gasteiger partial charge in [0.25, 0.3) is 5.17 Å². The van der Waals surface area contributed by atoms with Crippen molar-refractivity contribution in [1.82, 2.24) is 4.90 Å². The Morgan fingerprint density at radius 2 is 1.57 bits per heavy atom. The first-order chi connectivity index (χ1) is 13.7. The van der Waals surface area contributed by atoms with Crippen molar-refractivity contribution in [2.45, 2.75) is 18.4 Å². The highest BCUT2D eigenvalue weighted by Gasteiger charge is 2.38. The van der Waals surface area contributed by atoms with E-state index in [2.05, 4.69) is 54.6 Å². The monoisotopic (exact) mass is 389 g/mol. The standard InChI is InChI=1S/C24H23NO2S/c1-27-20-14-8-13-19-15-16-25(24(26)28)23(22(19)20)21(17-9-4-2-5-10-17)18-11-6-3-7-12-18/h2-14,21,23H,15-16H2,1H3,(H,26,28). The fourth-order valence-corrected chi connectivity index (χ4v) is 4.50. The number of aliphatic hydroxyl groups excluding tert-OH is 1. The normalized spacial score (nSPS) is 15.9. The summed E-state index contributed by atoms with van der Waals surface area (Å²) in [5.41, 5.74) is 4.71. The number of fused-ring (bicyclic) bond motifs is 1. The quantitative estimate of drug-likeness (QED) is 0.616. The summed E-state index contributed by atoms with van der Waals surface area (Å²) in [6, 6.07) is 26.8. The van der Waals surface area contributed by atoms with E-state index in [0.717, 1.165) is 17.7 Å². The molecule has 0 amide bonds. The Morgan fingerprint density at radius 1 is 0.964 bits per heavy atom. The summed E-state index contributed by atoms with van der Waals surface area (Å²) in [5, 5.41) is 10.3. The van der Waals surface area contributed by atoms with Crippen molar-refractivity contribution in [3.63, 3.8) is 0 Å². The molecule has 1 N–H and O–H groups in total. The summed E-state index contributed by atoms with van der Waals surface area (Å²) < 4.78 is 5.74. The lowest BCUT2D eigenvalue weighted by molar-refractivity contribution is 0.231. The van der Waals surface area contributed by atoms with Gasteiger partial charge < -0.3 is 14.7 Å². The summed E-state index contributed by atoms with van der Waals surface area (Å²) >= 11 is 5.26. The molecule has 1 atom stereocenters. The van der Waals surface area contributed by atoms with Crippen molar-refractivity contribution in [3.05, 3.63) is 101 Å². The van der Waals surface area contributed by atoms with Crippen molar-refractivity contribution < 1.29 is 9.84 Å². The van der Waals surface area contributed by atoms with E-state index in [1.165, 1.54) is 16.7 Å². The molecule has 1 aliphatic heterocycles. The van der Waals surface area contributed by atoms with Crippen LogP contribution in [0.2, 0.25) is 0 Å². The highest BCUT2D eigenvalue weighted by atomic mass is 32.1. The number of benzene rings is 3. The van der Waals surface area contributed by atoms with Gasteiger partial charge in [-0.05, 0) is 41.4 Å². The van der Waals surface area contributed by atoms with Crippen LogP contribution >= 0.6 is 12.2 Å². The molecule has 4 rings (SSSR count). The van der Waals surface area contributed by atoms with E-state index < -0.39 is 0 Å². The van der Waals surface area contributed by atoms with Crippen molar-refractivity contribution in [2.75, 3.05) is 13.7 Å². The van der Waals surface area contributed by atoms with Gasteiger partial charge in [-0.1, -0.05) is 72.8 Å². The molecule has 1 heterocycles. The van der Waals surface area contributed by atoms with Crippen LogP contribution in [0.4, 0.5) is 0 Å². The summed E-state index contributed by atoms with van der Waals surface area (Å²) in [7, 11) is 1.70. The number of thiocarbonyl (C=S) groups is 1. The van der Waals surface area contributed by atoms with Gasteiger partial charge in [-0.15, -0.1) is 0 Å². The Hall–Kier alpha value is -2.85. The second-order valence-electron chi connectivity index (χ2n) is 7.00. The van der Waals surface area contributed by atoms with Crippen LogP contribution in [0.1, 0.15) is 34.2 Å². The smallest absolute Gasteiger partial charge is 0.257 e. The minimum absolute atomic E-state index is 0.00264. The van der Waals surface area contributed by atoms with Crippen LogP contribution in [0.3, 0.4) is 0 Å². The Balaban J connectivity index is 1.97. The van der Waals surface area contributed by atoms with Gasteiger partial charge in [-0.25, -0.2) is 0 Å². The molecule has 3 aromatic carbocycles. The number of aliphatic hydroxyl groups is 1. The Labute approximate surface area is 171 Å². The van der Waals surface area contributed by atoms with E-state index in [9.17, 15) is 5.11 Å². The van der Waals surface area contributed by atoms with Crippen molar-refractivity contribution in [1.29, 1.82) is 0 Å². The van der Waals surface area contributed by atoms with Crippen molar-refractivity contribution in [3.8, 4) is 5.75 Å². The molecule has 1 aliphatic rings. The summed E-state index contributed by atoms with van der Waals surface area (Å²) in [6.07, 6.45) is 0.819.